The zero-order valence-electron chi connectivity index (χ0n) is 11.9. The molecule has 5 unspecified atom stereocenters. The molecule has 1 aliphatic rings. The van der Waals surface area contributed by atoms with Crippen LogP contribution in [0.4, 0.5) is 0 Å². The molecule has 1 fully saturated rings. The van der Waals surface area contributed by atoms with E-state index in [-0.39, 0.29) is 0 Å². The van der Waals surface area contributed by atoms with Crippen molar-refractivity contribution in [2.75, 3.05) is 12.3 Å². The maximum absolute atomic E-state index is 12.4. The lowest BCUT2D eigenvalue weighted by molar-refractivity contribution is 0.246. The van der Waals surface area contributed by atoms with E-state index in [1.807, 2.05) is 0 Å². The lowest BCUT2D eigenvalue weighted by atomic mass is 9.80. The van der Waals surface area contributed by atoms with E-state index >= 15 is 0 Å². The molecule has 0 aliphatic heterocycles. The summed E-state index contributed by atoms with van der Waals surface area (Å²) in [5.74, 6) is 2.24. The van der Waals surface area contributed by atoms with Crippen LogP contribution < -0.4 is 5.32 Å². The van der Waals surface area contributed by atoms with Gasteiger partial charge in [-0.3, -0.25) is 4.21 Å². The molecule has 0 heterocycles. The van der Waals surface area contributed by atoms with Crippen molar-refractivity contribution in [2.24, 2.45) is 11.8 Å². The molecule has 0 aromatic rings. The Hall–Kier alpha value is 0.110. The molecule has 5 atom stereocenters. The number of hydrogen-bond donors (Lipinski definition) is 1. The number of hydrogen-bond acceptors (Lipinski definition) is 2. The van der Waals surface area contributed by atoms with Crippen molar-refractivity contribution in [3.8, 4) is 0 Å². The van der Waals surface area contributed by atoms with Crippen LogP contribution in [0.15, 0.2) is 0 Å². The van der Waals surface area contributed by atoms with Crippen LogP contribution in [-0.2, 0) is 10.8 Å². The predicted molar refractivity (Wildman–Crippen MR) is 76.7 cm³/mol. The molecular formula is C14H29NOS. The lowest BCUT2D eigenvalue weighted by Gasteiger charge is -2.39. The highest BCUT2D eigenvalue weighted by molar-refractivity contribution is 7.85. The maximum atomic E-state index is 12.4. The van der Waals surface area contributed by atoms with Crippen molar-refractivity contribution < 1.29 is 4.21 Å². The Bertz CT molecular complexity index is 244. The molecule has 0 aromatic carbocycles. The third kappa shape index (κ3) is 4.36. The third-order valence-corrected chi connectivity index (χ3v) is 5.96. The molecule has 0 radical (unpaired) electrons. The third-order valence-electron chi connectivity index (χ3n) is 3.75. The number of rotatable bonds is 6. The van der Waals surface area contributed by atoms with Crippen LogP contribution in [0.2, 0.25) is 0 Å². The van der Waals surface area contributed by atoms with Crippen LogP contribution in [0.1, 0.15) is 53.4 Å². The molecule has 0 amide bonds. The minimum Gasteiger partial charge on any atom is -0.313 e. The van der Waals surface area contributed by atoms with E-state index in [0.29, 0.717) is 17.2 Å². The summed E-state index contributed by atoms with van der Waals surface area (Å²) in [6, 6.07) is 0.473. The van der Waals surface area contributed by atoms with Gasteiger partial charge < -0.3 is 5.32 Å². The van der Waals surface area contributed by atoms with Crippen molar-refractivity contribution in [1.82, 2.24) is 5.32 Å². The van der Waals surface area contributed by atoms with Crippen LogP contribution in [-0.4, -0.2) is 27.8 Å². The van der Waals surface area contributed by atoms with Crippen LogP contribution in [0, 0.1) is 11.8 Å². The summed E-state index contributed by atoms with van der Waals surface area (Å²) in [4.78, 5) is 0. The van der Waals surface area contributed by atoms with Gasteiger partial charge >= 0.3 is 0 Å². The van der Waals surface area contributed by atoms with E-state index in [9.17, 15) is 4.21 Å². The van der Waals surface area contributed by atoms with Crippen LogP contribution in [0.3, 0.4) is 0 Å². The first kappa shape index (κ1) is 15.2. The zero-order chi connectivity index (χ0) is 12.8. The molecular weight excluding hydrogens is 230 g/mol. The molecule has 102 valence electrons. The Morgan fingerprint density at radius 3 is 2.47 bits per heavy atom. The SMILES string of the molecule is CCCNC1CC(C)CC(C)C1S(=O)CCC. The summed E-state index contributed by atoms with van der Waals surface area (Å²) in [7, 11) is -0.648. The van der Waals surface area contributed by atoms with E-state index in [0.717, 1.165) is 31.1 Å². The summed E-state index contributed by atoms with van der Waals surface area (Å²) < 4.78 is 12.4. The van der Waals surface area contributed by atoms with Crippen LogP contribution in [0.5, 0.6) is 0 Å². The number of nitrogens with one attached hydrogen (secondary N) is 1. The Morgan fingerprint density at radius 2 is 1.88 bits per heavy atom. The van der Waals surface area contributed by atoms with Crippen LogP contribution >= 0.6 is 0 Å². The normalized spacial score (nSPS) is 35.8. The fraction of sp³-hybridized carbons (Fsp3) is 1.00. The first-order valence-electron chi connectivity index (χ1n) is 7.20. The molecule has 0 bridgehead atoms. The predicted octanol–water partition coefficient (Wildman–Crippen LogP) is 2.95. The van der Waals surface area contributed by atoms with Gasteiger partial charge in [0.15, 0.2) is 0 Å². The van der Waals surface area contributed by atoms with Crippen molar-refractivity contribution in [2.45, 2.75) is 64.7 Å². The molecule has 0 aromatic heterocycles. The highest BCUT2D eigenvalue weighted by Crippen LogP contribution is 2.32. The summed E-state index contributed by atoms with van der Waals surface area (Å²) >= 11 is 0. The highest BCUT2D eigenvalue weighted by Gasteiger charge is 2.36. The fourth-order valence-corrected chi connectivity index (χ4v) is 5.02. The molecule has 1 saturated carbocycles. The Labute approximate surface area is 109 Å². The molecule has 1 aliphatic carbocycles. The van der Waals surface area contributed by atoms with Gasteiger partial charge in [0.25, 0.3) is 0 Å². The zero-order valence-corrected chi connectivity index (χ0v) is 12.7. The standard InChI is InChI=1S/C14H29NOS/c1-5-7-15-13-10-11(3)9-12(4)14(13)17(16)8-6-2/h11-15H,5-10H2,1-4H3. The van der Waals surface area contributed by atoms with Crippen LogP contribution in [0.25, 0.3) is 0 Å². The van der Waals surface area contributed by atoms with Crippen molar-refractivity contribution in [3.63, 3.8) is 0 Å². The van der Waals surface area contributed by atoms with Gasteiger partial charge in [-0.25, -0.2) is 0 Å². The van der Waals surface area contributed by atoms with Gasteiger partial charge in [-0.2, -0.15) is 0 Å². The molecule has 0 spiro atoms. The van der Waals surface area contributed by atoms with Gasteiger partial charge in [-0.1, -0.05) is 27.7 Å². The van der Waals surface area contributed by atoms with Gasteiger partial charge in [0.05, 0.1) is 5.25 Å². The molecule has 3 heteroatoms. The molecule has 0 saturated heterocycles. The highest BCUT2D eigenvalue weighted by atomic mass is 32.2. The fourth-order valence-electron chi connectivity index (χ4n) is 3.14. The van der Waals surface area contributed by atoms with E-state index in [2.05, 4.69) is 33.0 Å². The summed E-state index contributed by atoms with van der Waals surface area (Å²) in [5, 5.41) is 4.00. The second kappa shape index (κ2) is 7.52. The average Bonchev–Trinajstić information content (AvgIpc) is 2.25. The largest absolute Gasteiger partial charge is 0.313 e. The summed E-state index contributed by atoms with van der Waals surface area (Å²) in [6.07, 6.45) is 4.63. The molecule has 2 nitrogen and oxygen atoms in total. The first-order valence-corrected chi connectivity index (χ1v) is 8.58. The lowest BCUT2D eigenvalue weighted by Crippen LogP contribution is -2.50. The van der Waals surface area contributed by atoms with Gasteiger partial charge in [-0.15, -0.1) is 0 Å². The summed E-state index contributed by atoms with van der Waals surface area (Å²) in [5.41, 5.74) is 0. The van der Waals surface area contributed by atoms with E-state index in [1.54, 1.807) is 0 Å². The Morgan fingerprint density at radius 1 is 1.18 bits per heavy atom. The van der Waals surface area contributed by atoms with Crippen molar-refractivity contribution in [3.05, 3.63) is 0 Å². The van der Waals surface area contributed by atoms with Gasteiger partial charge in [0.1, 0.15) is 0 Å². The smallest absolute Gasteiger partial charge is 0.0526 e. The van der Waals surface area contributed by atoms with E-state index in [4.69, 9.17) is 0 Å². The van der Waals surface area contributed by atoms with Crippen molar-refractivity contribution in [1.29, 1.82) is 0 Å². The Balaban J connectivity index is 2.67. The first-order chi connectivity index (χ1) is 8.10. The maximum Gasteiger partial charge on any atom is 0.0526 e. The molecule has 17 heavy (non-hydrogen) atoms. The second-order valence-electron chi connectivity index (χ2n) is 5.66. The van der Waals surface area contributed by atoms with E-state index in [1.165, 1.54) is 12.8 Å². The molecule has 1 N–H and O–H groups in total. The molecule has 1 rings (SSSR count). The van der Waals surface area contributed by atoms with Gasteiger partial charge in [-0.05, 0) is 44.1 Å². The van der Waals surface area contributed by atoms with Gasteiger partial charge in [0, 0.05) is 22.6 Å². The monoisotopic (exact) mass is 259 g/mol. The Kier molecular flexibility index (Phi) is 6.71. The van der Waals surface area contributed by atoms with E-state index < -0.39 is 10.8 Å². The van der Waals surface area contributed by atoms with Crippen molar-refractivity contribution >= 4 is 10.8 Å². The second-order valence-corrected chi connectivity index (χ2v) is 7.38. The average molecular weight is 259 g/mol. The van der Waals surface area contributed by atoms with Gasteiger partial charge in [0.2, 0.25) is 0 Å². The topological polar surface area (TPSA) is 29.1 Å². The summed E-state index contributed by atoms with van der Waals surface area (Å²) in [6.45, 7) is 10.00. The minimum atomic E-state index is -0.648. The quantitative estimate of drug-likeness (QED) is 0.794. The minimum absolute atomic E-state index is 0.373.